The van der Waals surface area contributed by atoms with E-state index in [4.69, 9.17) is 0 Å². The van der Waals surface area contributed by atoms with Gasteiger partial charge in [-0.15, -0.1) is 11.3 Å². The van der Waals surface area contributed by atoms with E-state index in [9.17, 15) is 9.59 Å². The second kappa shape index (κ2) is 9.28. The molecule has 0 aliphatic rings. The summed E-state index contributed by atoms with van der Waals surface area (Å²) in [6.07, 6.45) is 1.63. The summed E-state index contributed by atoms with van der Waals surface area (Å²) in [6.45, 7) is 4.53. The third-order valence-electron chi connectivity index (χ3n) is 4.36. The number of rotatable bonds is 6. The number of nitrogens with zero attached hydrogens (tertiary/aromatic N) is 1. The van der Waals surface area contributed by atoms with Crippen molar-refractivity contribution in [3.8, 4) is 11.3 Å². The molecule has 0 atom stereocenters. The summed E-state index contributed by atoms with van der Waals surface area (Å²) in [4.78, 5) is 28.5. The molecule has 2 amide bonds. The van der Waals surface area contributed by atoms with E-state index in [1.165, 1.54) is 22.5 Å². The Balaban J connectivity index is 1.49. The predicted octanol–water partition coefficient (Wildman–Crippen LogP) is 4.11. The van der Waals surface area contributed by atoms with Gasteiger partial charge in [0.2, 0.25) is 0 Å². The zero-order valence-electron chi connectivity index (χ0n) is 16.0. The predicted molar refractivity (Wildman–Crippen MR) is 113 cm³/mol. The highest BCUT2D eigenvalue weighted by Crippen LogP contribution is 2.27. The molecule has 0 saturated carbocycles. The Bertz CT molecular complexity index is 967. The zero-order chi connectivity index (χ0) is 19.9. The van der Waals surface area contributed by atoms with Gasteiger partial charge in [0.1, 0.15) is 0 Å². The normalized spacial score (nSPS) is 10.5. The molecular formula is C22H23N3O2S. The number of amides is 2. The Hall–Kier alpha value is -2.99. The maximum absolute atomic E-state index is 12.1. The van der Waals surface area contributed by atoms with Crippen LogP contribution < -0.4 is 10.6 Å². The van der Waals surface area contributed by atoms with Crippen LogP contribution in [-0.2, 0) is 16.0 Å². The number of aryl methyl sites for hydroxylation is 3. The van der Waals surface area contributed by atoms with Crippen molar-refractivity contribution >= 4 is 28.3 Å². The SMILES string of the molecule is Cc1ccc(-c2csc(NC(=O)C(=O)NCCCc3ccccc3)n2)c(C)c1. The smallest absolute Gasteiger partial charge is 0.315 e. The summed E-state index contributed by atoms with van der Waals surface area (Å²) in [5, 5.41) is 7.53. The van der Waals surface area contributed by atoms with Crippen molar-refractivity contribution in [3.63, 3.8) is 0 Å². The first-order chi connectivity index (χ1) is 13.5. The Kier molecular flexibility index (Phi) is 6.55. The first-order valence-corrected chi connectivity index (χ1v) is 10.1. The van der Waals surface area contributed by atoms with Gasteiger partial charge in [0.05, 0.1) is 5.69 Å². The lowest BCUT2D eigenvalue weighted by Crippen LogP contribution is -2.36. The van der Waals surface area contributed by atoms with E-state index in [2.05, 4.69) is 21.7 Å². The fourth-order valence-corrected chi connectivity index (χ4v) is 3.63. The van der Waals surface area contributed by atoms with Gasteiger partial charge in [-0.1, -0.05) is 54.1 Å². The molecule has 0 aliphatic carbocycles. The fraction of sp³-hybridized carbons (Fsp3) is 0.227. The highest BCUT2D eigenvalue weighted by molar-refractivity contribution is 7.14. The van der Waals surface area contributed by atoms with Crippen molar-refractivity contribution < 1.29 is 9.59 Å². The molecule has 0 saturated heterocycles. The number of benzene rings is 2. The number of hydrogen-bond acceptors (Lipinski definition) is 4. The quantitative estimate of drug-likeness (QED) is 0.489. The minimum Gasteiger partial charge on any atom is -0.348 e. The van der Waals surface area contributed by atoms with E-state index in [0.717, 1.165) is 29.7 Å². The third kappa shape index (κ3) is 5.27. The van der Waals surface area contributed by atoms with Crippen LogP contribution >= 0.6 is 11.3 Å². The molecule has 2 N–H and O–H groups in total. The molecule has 0 spiro atoms. The van der Waals surface area contributed by atoms with E-state index in [-0.39, 0.29) is 0 Å². The van der Waals surface area contributed by atoms with Crippen molar-refractivity contribution in [2.24, 2.45) is 0 Å². The molecule has 0 aliphatic heterocycles. The molecule has 1 heterocycles. The van der Waals surface area contributed by atoms with Gasteiger partial charge in [-0.05, 0) is 37.8 Å². The van der Waals surface area contributed by atoms with Crippen molar-refractivity contribution in [2.45, 2.75) is 26.7 Å². The Morgan fingerprint density at radius 2 is 1.82 bits per heavy atom. The summed E-state index contributed by atoms with van der Waals surface area (Å²) >= 11 is 1.31. The van der Waals surface area contributed by atoms with E-state index in [1.807, 2.05) is 61.7 Å². The maximum atomic E-state index is 12.1. The van der Waals surface area contributed by atoms with Crippen molar-refractivity contribution in [2.75, 3.05) is 11.9 Å². The molecule has 28 heavy (non-hydrogen) atoms. The largest absolute Gasteiger partial charge is 0.348 e. The van der Waals surface area contributed by atoms with Gasteiger partial charge in [-0.2, -0.15) is 0 Å². The first-order valence-electron chi connectivity index (χ1n) is 9.19. The highest BCUT2D eigenvalue weighted by atomic mass is 32.1. The molecule has 0 bridgehead atoms. The van der Waals surface area contributed by atoms with Crippen LogP contribution in [0, 0.1) is 13.8 Å². The van der Waals surface area contributed by atoms with Gasteiger partial charge < -0.3 is 5.32 Å². The summed E-state index contributed by atoms with van der Waals surface area (Å²) < 4.78 is 0. The van der Waals surface area contributed by atoms with Gasteiger partial charge in [0, 0.05) is 17.5 Å². The number of aromatic nitrogens is 1. The molecule has 5 nitrogen and oxygen atoms in total. The average molecular weight is 394 g/mol. The van der Waals surface area contributed by atoms with Crippen LogP contribution in [0.25, 0.3) is 11.3 Å². The van der Waals surface area contributed by atoms with Gasteiger partial charge in [0.25, 0.3) is 0 Å². The second-order valence-electron chi connectivity index (χ2n) is 6.66. The van der Waals surface area contributed by atoms with Crippen LogP contribution in [-0.4, -0.2) is 23.3 Å². The van der Waals surface area contributed by atoms with Crippen molar-refractivity contribution in [1.29, 1.82) is 0 Å². The van der Waals surface area contributed by atoms with Crippen LogP contribution in [0.4, 0.5) is 5.13 Å². The van der Waals surface area contributed by atoms with Gasteiger partial charge >= 0.3 is 11.8 Å². The molecule has 0 unspecified atom stereocenters. The third-order valence-corrected chi connectivity index (χ3v) is 5.12. The minimum absolute atomic E-state index is 0.416. The van der Waals surface area contributed by atoms with Crippen molar-refractivity contribution in [3.05, 3.63) is 70.6 Å². The van der Waals surface area contributed by atoms with Gasteiger partial charge in [-0.25, -0.2) is 4.98 Å². The van der Waals surface area contributed by atoms with E-state index in [1.54, 1.807) is 0 Å². The number of carbonyl (C=O) groups is 2. The van der Waals surface area contributed by atoms with Gasteiger partial charge in [0.15, 0.2) is 5.13 Å². The first kappa shape index (κ1) is 19.8. The summed E-state index contributed by atoms with van der Waals surface area (Å²) in [5.74, 6) is -1.34. The minimum atomic E-state index is -0.693. The lowest BCUT2D eigenvalue weighted by atomic mass is 10.0. The zero-order valence-corrected chi connectivity index (χ0v) is 16.8. The Morgan fingerprint density at radius 1 is 1.04 bits per heavy atom. The summed E-state index contributed by atoms with van der Waals surface area (Å²) in [5.41, 5.74) is 5.34. The highest BCUT2D eigenvalue weighted by Gasteiger charge is 2.15. The van der Waals surface area contributed by atoms with Crippen LogP contribution in [0.3, 0.4) is 0 Å². The van der Waals surface area contributed by atoms with Gasteiger partial charge in [-0.3, -0.25) is 14.9 Å². The molecule has 6 heteroatoms. The maximum Gasteiger partial charge on any atom is 0.315 e. The molecular weight excluding hydrogens is 370 g/mol. The summed E-state index contributed by atoms with van der Waals surface area (Å²) in [6, 6.07) is 16.2. The number of carbonyl (C=O) groups excluding carboxylic acids is 2. The summed E-state index contributed by atoms with van der Waals surface area (Å²) in [7, 11) is 0. The number of thiazole rings is 1. The molecule has 3 aromatic rings. The van der Waals surface area contributed by atoms with Crippen LogP contribution in [0.15, 0.2) is 53.9 Å². The number of hydrogen-bond donors (Lipinski definition) is 2. The van der Waals surface area contributed by atoms with Crippen LogP contribution in [0.5, 0.6) is 0 Å². The lowest BCUT2D eigenvalue weighted by molar-refractivity contribution is -0.136. The van der Waals surface area contributed by atoms with E-state index < -0.39 is 11.8 Å². The fourth-order valence-electron chi connectivity index (χ4n) is 2.93. The Morgan fingerprint density at radius 3 is 2.57 bits per heavy atom. The van der Waals surface area contributed by atoms with Crippen LogP contribution in [0.1, 0.15) is 23.1 Å². The number of nitrogens with one attached hydrogen (secondary N) is 2. The topological polar surface area (TPSA) is 71.1 Å². The standard InChI is InChI=1S/C22H23N3O2S/c1-15-10-11-18(16(2)13-15)19-14-28-22(24-19)25-21(27)20(26)23-12-6-9-17-7-4-3-5-8-17/h3-5,7-8,10-11,13-14H,6,9,12H2,1-2H3,(H,23,26)(H,24,25,27). The van der Waals surface area contributed by atoms with E-state index in [0.29, 0.717) is 11.7 Å². The monoisotopic (exact) mass is 393 g/mol. The van der Waals surface area contributed by atoms with Crippen molar-refractivity contribution in [1.82, 2.24) is 10.3 Å². The second-order valence-corrected chi connectivity index (χ2v) is 7.51. The molecule has 2 aromatic carbocycles. The average Bonchev–Trinajstić information content (AvgIpc) is 3.14. The lowest BCUT2D eigenvalue weighted by Gasteiger charge is -2.05. The Labute approximate surface area is 168 Å². The van der Waals surface area contributed by atoms with Crippen LogP contribution in [0.2, 0.25) is 0 Å². The molecule has 144 valence electrons. The van der Waals surface area contributed by atoms with E-state index >= 15 is 0 Å². The molecule has 3 rings (SSSR count). The number of anilines is 1. The molecule has 1 aromatic heterocycles. The molecule has 0 fully saturated rings. The molecule has 0 radical (unpaired) electrons.